The van der Waals surface area contributed by atoms with Gasteiger partial charge in [-0.05, 0) is 37.5 Å². The van der Waals surface area contributed by atoms with Gasteiger partial charge in [-0.2, -0.15) is 13.2 Å². The van der Waals surface area contributed by atoms with Gasteiger partial charge in [0.05, 0.1) is 12.1 Å². The molecule has 2 rings (SSSR count). The highest BCUT2D eigenvalue weighted by molar-refractivity contribution is 5.94. The second-order valence-electron chi connectivity index (χ2n) is 6.06. The molecule has 2 amide bonds. The number of carbonyl (C=O) groups excluding carboxylic acids is 2. The summed E-state index contributed by atoms with van der Waals surface area (Å²) >= 11 is 0. The van der Waals surface area contributed by atoms with Gasteiger partial charge >= 0.3 is 6.18 Å². The van der Waals surface area contributed by atoms with E-state index in [1.54, 1.807) is 0 Å². The maximum absolute atomic E-state index is 12.9. The van der Waals surface area contributed by atoms with Crippen LogP contribution in [0.15, 0.2) is 18.2 Å². The number of benzene rings is 1. The molecule has 1 heterocycles. The van der Waals surface area contributed by atoms with Crippen molar-refractivity contribution < 1.29 is 22.8 Å². The van der Waals surface area contributed by atoms with Crippen LogP contribution in [0.5, 0.6) is 0 Å². The molecular formula is C17H21F3N2O2. The monoisotopic (exact) mass is 342 g/mol. The second-order valence-corrected chi connectivity index (χ2v) is 6.06. The first-order valence-corrected chi connectivity index (χ1v) is 8.03. The fraction of sp³-hybridized carbons (Fsp3) is 0.529. The highest BCUT2D eigenvalue weighted by atomic mass is 19.4. The van der Waals surface area contributed by atoms with Crippen LogP contribution in [0.25, 0.3) is 0 Å². The van der Waals surface area contributed by atoms with Crippen molar-refractivity contribution in [1.29, 1.82) is 0 Å². The van der Waals surface area contributed by atoms with Crippen LogP contribution >= 0.6 is 0 Å². The summed E-state index contributed by atoms with van der Waals surface area (Å²) < 4.78 is 38.7. The lowest BCUT2D eigenvalue weighted by Gasteiger charge is -2.24. The van der Waals surface area contributed by atoms with Crippen molar-refractivity contribution in [2.75, 3.05) is 18.4 Å². The average molecular weight is 342 g/mol. The maximum atomic E-state index is 12.9. The van der Waals surface area contributed by atoms with E-state index in [9.17, 15) is 22.8 Å². The molecule has 0 bridgehead atoms. The topological polar surface area (TPSA) is 49.4 Å². The Morgan fingerprint density at radius 3 is 2.62 bits per heavy atom. The number of nitrogens with one attached hydrogen (secondary N) is 1. The third-order valence-corrected chi connectivity index (χ3v) is 4.08. The SMILES string of the molecule is Cc1ccc(NC(=O)CN2CCCCCCC2=O)cc1C(F)(F)F. The zero-order chi connectivity index (χ0) is 17.7. The number of amides is 2. The Bertz CT molecular complexity index is 614. The van der Waals surface area contributed by atoms with E-state index in [2.05, 4.69) is 5.32 Å². The molecule has 1 aromatic rings. The van der Waals surface area contributed by atoms with Crippen molar-refractivity contribution >= 4 is 17.5 Å². The molecular weight excluding hydrogens is 321 g/mol. The number of carbonyl (C=O) groups is 2. The first kappa shape index (κ1) is 18.3. The van der Waals surface area contributed by atoms with Crippen LogP contribution in [0.3, 0.4) is 0 Å². The standard InChI is InChI=1S/C17H21F3N2O2/c1-12-7-8-13(10-14(12)17(18,19)20)21-15(23)11-22-9-5-3-2-4-6-16(22)24/h7-8,10H,2-6,9,11H2,1H3,(H,21,23). The van der Waals surface area contributed by atoms with E-state index >= 15 is 0 Å². The van der Waals surface area contributed by atoms with E-state index in [-0.39, 0.29) is 23.7 Å². The molecule has 1 aromatic carbocycles. The van der Waals surface area contributed by atoms with Gasteiger partial charge in [0.15, 0.2) is 0 Å². The predicted octanol–water partition coefficient (Wildman–Crippen LogP) is 3.75. The summed E-state index contributed by atoms with van der Waals surface area (Å²) in [5.74, 6) is -0.564. The third kappa shape index (κ3) is 4.97. The number of halogens is 3. The summed E-state index contributed by atoms with van der Waals surface area (Å²) in [7, 11) is 0. The summed E-state index contributed by atoms with van der Waals surface area (Å²) in [6.45, 7) is 1.75. The number of likely N-dealkylation sites (tertiary alicyclic amines) is 1. The van der Waals surface area contributed by atoms with Gasteiger partial charge < -0.3 is 10.2 Å². The van der Waals surface area contributed by atoms with Gasteiger partial charge in [-0.1, -0.05) is 18.9 Å². The largest absolute Gasteiger partial charge is 0.416 e. The molecule has 7 heteroatoms. The summed E-state index contributed by atoms with van der Waals surface area (Å²) in [5.41, 5.74) is -0.598. The van der Waals surface area contributed by atoms with Crippen LogP contribution in [0, 0.1) is 6.92 Å². The minimum atomic E-state index is -4.47. The van der Waals surface area contributed by atoms with Crippen molar-refractivity contribution in [1.82, 2.24) is 4.90 Å². The molecule has 0 aromatic heterocycles. The normalized spacial score (nSPS) is 16.5. The Morgan fingerprint density at radius 2 is 1.92 bits per heavy atom. The van der Waals surface area contributed by atoms with Gasteiger partial charge in [0, 0.05) is 18.7 Å². The summed E-state index contributed by atoms with van der Waals surface area (Å²) in [4.78, 5) is 25.5. The van der Waals surface area contributed by atoms with Crippen LogP contribution in [0.1, 0.15) is 43.2 Å². The fourth-order valence-corrected chi connectivity index (χ4v) is 2.76. The summed E-state index contributed by atoms with van der Waals surface area (Å²) in [6.07, 6.45) is -0.390. The van der Waals surface area contributed by atoms with Gasteiger partial charge in [-0.15, -0.1) is 0 Å². The van der Waals surface area contributed by atoms with Crippen molar-refractivity contribution in [3.63, 3.8) is 0 Å². The molecule has 1 fully saturated rings. The molecule has 0 unspecified atom stereocenters. The van der Waals surface area contributed by atoms with Gasteiger partial charge in [-0.25, -0.2) is 0 Å². The number of hydrogen-bond donors (Lipinski definition) is 1. The zero-order valence-corrected chi connectivity index (χ0v) is 13.6. The maximum Gasteiger partial charge on any atom is 0.416 e. The van der Waals surface area contributed by atoms with E-state index in [1.807, 2.05) is 0 Å². The summed E-state index contributed by atoms with van der Waals surface area (Å²) in [5, 5.41) is 2.45. The Labute approximate surface area is 139 Å². The minimum Gasteiger partial charge on any atom is -0.333 e. The molecule has 1 aliphatic heterocycles. The average Bonchev–Trinajstić information content (AvgIpc) is 2.48. The minimum absolute atomic E-state index is 0.0789. The van der Waals surface area contributed by atoms with Gasteiger partial charge in [0.25, 0.3) is 0 Å². The van der Waals surface area contributed by atoms with Crippen LogP contribution < -0.4 is 5.32 Å². The van der Waals surface area contributed by atoms with Crippen molar-refractivity contribution in [3.05, 3.63) is 29.3 Å². The van der Waals surface area contributed by atoms with Gasteiger partial charge in [0.2, 0.25) is 11.8 Å². The zero-order valence-electron chi connectivity index (χ0n) is 13.6. The first-order valence-electron chi connectivity index (χ1n) is 8.03. The number of hydrogen-bond acceptors (Lipinski definition) is 2. The lowest BCUT2D eigenvalue weighted by molar-refractivity contribution is -0.138. The summed E-state index contributed by atoms with van der Waals surface area (Å²) in [6, 6.07) is 3.67. The second kappa shape index (κ2) is 7.68. The first-order chi connectivity index (χ1) is 11.3. The van der Waals surface area contributed by atoms with Crippen molar-refractivity contribution in [2.24, 2.45) is 0 Å². The molecule has 1 aliphatic rings. The van der Waals surface area contributed by atoms with E-state index in [0.717, 1.165) is 31.7 Å². The van der Waals surface area contributed by atoms with E-state index in [1.165, 1.54) is 24.0 Å². The Morgan fingerprint density at radius 1 is 1.21 bits per heavy atom. The quantitative estimate of drug-likeness (QED) is 0.910. The molecule has 1 N–H and O–H groups in total. The lowest BCUT2D eigenvalue weighted by Crippen LogP contribution is -2.39. The number of nitrogens with zero attached hydrogens (tertiary/aromatic N) is 1. The molecule has 0 atom stereocenters. The van der Waals surface area contributed by atoms with Crippen molar-refractivity contribution in [3.8, 4) is 0 Å². The molecule has 0 spiro atoms. The fourth-order valence-electron chi connectivity index (χ4n) is 2.76. The highest BCUT2D eigenvalue weighted by Gasteiger charge is 2.32. The van der Waals surface area contributed by atoms with Crippen molar-refractivity contribution in [2.45, 2.75) is 45.2 Å². The smallest absolute Gasteiger partial charge is 0.333 e. The molecule has 1 saturated heterocycles. The molecule has 4 nitrogen and oxygen atoms in total. The molecule has 132 valence electrons. The lowest BCUT2D eigenvalue weighted by atomic mass is 10.1. The predicted molar refractivity (Wildman–Crippen MR) is 84.5 cm³/mol. The molecule has 24 heavy (non-hydrogen) atoms. The Hall–Kier alpha value is -2.05. The van der Waals surface area contributed by atoms with Crippen LogP contribution in [0.2, 0.25) is 0 Å². The van der Waals surface area contributed by atoms with Gasteiger partial charge in [0.1, 0.15) is 0 Å². The van der Waals surface area contributed by atoms with Gasteiger partial charge in [-0.3, -0.25) is 9.59 Å². The van der Waals surface area contributed by atoms with Crippen LogP contribution in [-0.2, 0) is 15.8 Å². The number of rotatable bonds is 3. The molecule has 0 saturated carbocycles. The third-order valence-electron chi connectivity index (χ3n) is 4.08. The van der Waals surface area contributed by atoms with E-state index in [4.69, 9.17) is 0 Å². The molecule has 0 aliphatic carbocycles. The van der Waals surface area contributed by atoms with Crippen LogP contribution in [0.4, 0.5) is 18.9 Å². The van der Waals surface area contributed by atoms with E-state index in [0.29, 0.717) is 13.0 Å². The Kier molecular flexibility index (Phi) is 5.85. The number of aryl methyl sites for hydroxylation is 1. The van der Waals surface area contributed by atoms with E-state index < -0.39 is 17.6 Å². The number of anilines is 1. The number of alkyl halides is 3. The van der Waals surface area contributed by atoms with Crippen LogP contribution in [-0.4, -0.2) is 29.8 Å². The highest BCUT2D eigenvalue weighted by Crippen LogP contribution is 2.33. The molecule has 0 radical (unpaired) electrons. The Balaban J connectivity index is 2.02.